The van der Waals surface area contributed by atoms with E-state index < -0.39 is 10.0 Å². The normalized spacial score (nSPS) is 11.5. The molecule has 0 aliphatic carbocycles. The van der Waals surface area contributed by atoms with E-state index in [4.69, 9.17) is 0 Å². The van der Waals surface area contributed by atoms with E-state index in [1.807, 2.05) is 44.2 Å². The number of amides is 1. The SMILES string of the molecule is CCN(CC)C(=O)CN(Cc1ccccc1)S(=O)(=O)c1ccc(Br)cc1. The Morgan fingerprint density at radius 3 is 2.08 bits per heavy atom. The van der Waals surface area contributed by atoms with Crippen molar-refractivity contribution in [3.8, 4) is 0 Å². The Labute approximate surface area is 163 Å². The van der Waals surface area contributed by atoms with Gasteiger partial charge in [0.15, 0.2) is 0 Å². The lowest BCUT2D eigenvalue weighted by Crippen LogP contribution is -2.42. The molecule has 0 heterocycles. The summed E-state index contributed by atoms with van der Waals surface area (Å²) < 4.78 is 28.3. The molecule has 1 amide bonds. The molecule has 0 bridgehead atoms. The molecule has 2 aromatic carbocycles. The fourth-order valence-corrected chi connectivity index (χ4v) is 4.24. The van der Waals surface area contributed by atoms with E-state index in [9.17, 15) is 13.2 Å². The van der Waals surface area contributed by atoms with E-state index in [-0.39, 0.29) is 23.9 Å². The molecule has 0 unspecified atom stereocenters. The van der Waals surface area contributed by atoms with Crippen LogP contribution in [-0.2, 0) is 21.4 Å². The average Bonchev–Trinajstić information content (AvgIpc) is 2.63. The lowest BCUT2D eigenvalue weighted by atomic mass is 10.2. The molecule has 7 heteroatoms. The molecule has 0 aliphatic heterocycles. The average molecular weight is 439 g/mol. The van der Waals surface area contributed by atoms with E-state index in [1.165, 1.54) is 4.31 Å². The molecule has 0 spiro atoms. The molecule has 0 saturated carbocycles. The lowest BCUT2D eigenvalue weighted by molar-refractivity contribution is -0.131. The van der Waals surface area contributed by atoms with Crippen LogP contribution in [0.4, 0.5) is 0 Å². The van der Waals surface area contributed by atoms with Crippen LogP contribution in [0.2, 0.25) is 0 Å². The highest BCUT2D eigenvalue weighted by molar-refractivity contribution is 9.10. The molecule has 5 nitrogen and oxygen atoms in total. The Hall–Kier alpha value is -1.70. The maximum Gasteiger partial charge on any atom is 0.243 e. The van der Waals surface area contributed by atoms with Gasteiger partial charge in [-0.25, -0.2) is 8.42 Å². The van der Waals surface area contributed by atoms with Crippen LogP contribution in [0.1, 0.15) is 19.4 Å². The highest BCUT2D eigenvalue weighted by Gasteiger charge is 2.28. The summed E-state index contributed by atoms with van der Waals surface area (Å²) in [5, 5.41) is 0. The van der Waals surface area contributed by atoms with Crippen LogP contribution in [0.25, 0.3) is 0 Å². The van der Waals surface area contributed by atoms with Crippen molar-refractivity contribution in [2.24, 2.45) is 0 Å². The maximum atomic E-state index is 13.1. The molecule has 2 rings (SSSR count). The Bertz CT molecular complexity index is 820. The second kappa shape index (κ2) is 9.30. The number of likely N-dealkylation sites (N-methyl/N-ethyl adjacent to an activating group) is 1. The molecule has 0 aromatic heterocycles. The third kappa shape index (κ3) is 5.16. The van der Waals surface area contributed by atoms with Gasteiger partial charge in [-0.05, 0) is 43.7 Å². The van der Waals surface area contributed by atoms with Crippen LogP contribution in [0.5, 0.6) is 0 Å². The maximum absolute atomic E-state index is 13.1. The third-order valence-electron chi connectivity index (χ3n) is 4.08. The zero-order valence-corrected chi connectivity index (χ0v) is 17.3. The Balaban J connectivity index is 2.35. The fraction of sp³-hybridized carbons (Fsp3) is 0.316. The number of rotatable bonds is 8. The largest absolute Gasteiger partial charge is 0.342 e. The zero-order chi connectivity index (χ0) is 19.2. The predicted octanol–water partition coefficient (Wildman–Crippen LogP) is 3.51. The number of sulfonamides is 1. The predicted molar refractivity (Wildman–Crippen MR) is 106 cm³/mol. The second-order valence-corrected chi connectivity index (χ2v) is 8.63. The van der Waals surface area contributed by atoms with E-state index in [0.717, 1.165) is 10.0 Å². The summed E-state index contributed by atoms with van der Waals surface area (Å²) in [5.41, 5.74) is 0.834. The van der Waals surface area contributed by atoms with Gasteiger partial charge < -0.3 is 4.90 Å². The summed E-state index contributed by atoms with van der Waals surface area (Å²) in [6.45, 7) is 4.82. The van der Waals surface area contributed by atoms with Gasteiger partial charge in [-0.1, -0.05) is 46.3 Å². The van der Waals surface area contributed by atoms with E-state index in [2.05, 4.69) is 15.9 Å². The van der Waals surface area contributed by atoms with Crippen molar-refractivity contribution in [3.05, 3.63) is 64.6 Å². The Morgan fingerprint density at radius 2 is 1.54 bits per heavy atom. The van der Waals surface area contributed by atoms with Gasteiger partial charge in [0.1, 0.15) is 0 Å². The smallest absolute Gasteiger partial charge is 0.243 e. The number of hydrogen-bond donors (Lipinski definition) is 0. The molecule has 140 valence electrons. The summed E-state index contributed by atoms with van der Waals surface area (Å²) >= 11 is 3.31. The molecule has 0 fully saturated rings. The molecular weight excluding hydrogens is 416 g/mol. The van der Waals surface area contributed by atoms with E-state index in [1.54, 1.807) is 29.2 Å². The Kier molecular flexibility index (Phi) is 7.37. The van der Waals surface area contributed by atoms with Gasteiger partial charge in [0, 0.05) is 24.1 Å². The fourth-order valence-electron chi connectivity index (χ4n) is 2.60. The van der Waals surface area contributed by atoms with Crippen LogP contribution in [0.3, 0.4) is 0 Å². The molecule has 0 atom stereocenters. The first-order valence-corrected chi connectivity index (χ1v) is 10.7. The number of halogens is 1. The van der Waals surface area contributed by atoms with Crippen molar-refractivity contribution in [1.29, 1.82) is 0 Å². The first kappa shape index (κ1) is 20.6. The van der Waals surface area contributed by atoms with E-state index in [0.29, 0.717) is 13.1 Å². The van der Waals surface area contributed by atoms with Gasteiger partial charge in [-0.3, -0.25) is 4.79 Å². The van der Waals surface area contributed by atoms with Gasteiger partial charge in [0.25, 0.3) is 0 Å². The summed E-state index contributed by atoms with van der Waals surface area (Å²) in [5.74, 6) is -0.202. The van der Waals surface area contributed by atoms with Crippen molar-refractivity contribution >= 4 is 31.9 Å². The van der Waals surface area contributed by atoms with Crippen molar-refractivity contribution in [2.45, 2.75) is 25.3 Å². The van der Waals surface area contributed by atoms with Gasteiger partial charge in [0.2, 0.25) is 15.9 Å². The number of carbonyl (C=O) groups excluding carboxylic acids is 1. The van der Waals surface area contributed by atoms with Crippen LogP contribution in [0, 0.1) is 0 Å². The minimum absolute atomic E-state index is 0.145. The summed E-state index contributed by atoms with van der Waals surface area (Å²) in [7, 11) is -3.80. The van der Waals surface area contributed by atoms with Crippen LogP contribution >= 0.6 is 15.9 Å². The first-order chi connectivity index (χ1) is 12.4. The van der Waals surface area contributed by atoms with Crippen LogP contribution in [-0.4, -0.2) is 43.2 Å². The Morgan fingerprint density at radius 1 is 0.962 bits per heavy atom. The molecule has 26 heavy (non-hydrogen) atoms. The third-order valence-corrected chi connectivity index (χ3v) is 6.42. The number of nitrogens with zero attached hydrogens (tertiary/aromatic N) is 2. The van der Waals surface area contributed by atoms with Crippen LogP contribution < -0.4 is 0 Å². The lowest BCUT2D eigenvalue weighted by Gasteiger charge is -2.26. The standard InChI is InChI=1S/C19H23BrN2O3S/c1-3-21(4-2)19(23)15-22(14-16-8-6-5-7-9-16)26(24,25)18-12-10-17(20)11-13-18/h5-13H,3-4,14-15H2,1-2H3. The molecule has 0 aliphatic rings. The first-order valence-electron chi connectivity index (χ1n) is 8.46. The summed E-state index contributed by atoms with van der Waals surface area (Å²) in [6, 6.07) is 15.7. The van der Waals surface area contributed by atoms with Crippen LogP contribution in [0.15, 0.2) is 64.0 Å². The number of carbonyl (C=O) groups is 1. The molecular formula is C19H23BrN2O3S. The van der Waals surface area contributed by atoms with Gasteiger partial charge in [0.05, 0.1) is 11.4 Å². The minimum Gasteiger partial charge on any atom is -0.342 e. The van der Waals surface area contributed by atoms with Crippen molar-refractivity contribution in [1.82, 2.24) is 9.21 Å². The van der Waals surface area contributed by atoms with Crippen molar-refractivity contribution in [2.75, 3.05) is 19.6 Å². The highest BCUT2D eigenvalue weighted by Crippen LogP contribution is 2.21. The van der Waals surface area contributed by atoms with Crippen molar-refractivity contribution in [3.63, 3.8) is 0 Å². The molecule has 0 N–H and O–H groups in total. The molecule has 0 saturated heterocycles. The minimum atomic E-state index is -3.80. The molecule has 0 radical (unpaired) electrons. The van der Waals surface area contributed by atoms with E-state index >= 15 is 0 Å². The zero-order valence-electron chi connectivity index (χ0n) is 14.9. The molecule has 2 aromatic rings. The number of hydrogen-bond acceptors (Lipinski definition) is 3. The number of benzene rings is 2. The van der Waals surface area contributed by atoms with Gasteiger partial charge in [-0.2, -0.15) is 4.31 Å². The van der Waals surface area contributed by atoms with Crippen molar-refractivity contribution < 1.29 is 13.2 Å². The highest BCUT2D eigenvalue weighted by atomic mass is 79.9. The monoisotopic (exact) mass is 438 g/mol. The summed E-state index contributed by atoms with van der Waals surface area (Å²) in [6.07, 6.45) is 0. The van der Waals surface area contributed by atoms with Gasteiger partial charge >= 0.3 is 0 Å². The second-order valence-electron chi connectivity index (χ2n) is 5.78. The quantitative estimate of drug-likeness (QED) is 0.633. The summed E-state index contributed by atoms with van der Waals surface area (Å²) in [4.78, 5) is 14.4. The topological polar surface area (TPSA) is 57.7 Å². The van der Waals surface area contributed by atoms with Gasteiger partial charge in [-0.15, -0.1) is 0 Å².